The van der Waals surface area contributed by atoms with Gasteiger partial charge < -0.3 is 10.1 Å². The second-order valence-corrected chi connectivity index (χ2v) is 8.44. The summed E-state index contributed by atoms with van der Waals surface area (Å²) in [6.07, 6.45) is 4.50. The highest BCUT2D eigenvalue weighted by Crippen LogP contribution is 2.29. The van der Waals surface area contributed by atoms with Crippen LogP contribution in [-0.2, 0) is 16.6 Å². The Balaban J connectivity index is 1.42. The monoisotopic (exact) mass is 365 g/mol. The summed E-state index contributed by atoms with van der Waals surface area (Å²) < 4.78 is 5.79. The fourth-order valence-electron chi connectivity index (χ4n) is 3.64. The average molecular weight is 366 g/mol. The van der Waals surface area contributed by atoms with Crippen molar-refractivity contribution in [3.8, 4) is 5.75 Å². The van der Waals surface area contributed by atoms with E-state index in [0.717, 1.165) is 31.4 Å². The summed E-state index contributed by atoms with van der Waals surface area (Å²) in [4.78, 5) is 12.3. The molecule has 1 N–H and O–H groups in total. The van der Waals surface area contributed by atoms with E-state index in [2.05, 4.69) is 62.5 Å². The summed E-state index contributed by atoms with van der Waals surface area (Å²) in [7, 11) is 0. The maximum Gasteiger partial charge on any atom is 0.220 e. The number of hydrogen-bond donors (Lipinski definition) is 1. The number of carbonyl (C=O) groups is 1. The zero-order valence-electron chi connectivity index (χ0n) is 16.8. The Morgan fingerprint density at radius 1 is 1.11 bits per heavy atom. The molecule has 0 radical (unpaired) electrons. The van der Waals surface area contributed by atoms with Crippen molar-refractivity contribution in [3.63, 3.8) is 0 Å². The maximum absolute atomic E-state index is 12.3. The van der Waals surface area contributed by atoms with Crippen LogP contribution in [0.1, 0.15) is 69.2 Å². The van der Waals surface area contributed by atoms with Gasteiger partial charge in [0.15, 0.2) is 0 Å². The number of aryl methyl sites for hydroxylation is 1. The lowest BCUT2D eigenvalue weighted by Crippen LogP contribution is -2.31. The van der Waals surface area contributed by atoms with Crippen molar-refractivity contribution >= 4 is 5.91 Å². The molecule has 0 unspecified atom stereocenters. The number of rotatable bonds is 6. The molecule has 144 valence electrons. The second kappa shape index (κ2) is 8.60. The first-order chi connectivity index (χ1) is 12.9. The van der Waals surface area contributed by atoms with Gasteiger partial charge in [0.05, 0.1) is 12.6 Å². The van der Waals surface area contributed by atoms with Crippen LogP contribution in [0.4, 0.5) is 0 Å². The smallest absolute Gasteiger partial charge is 0.220 e. The third kappa shape index (κ3) is 5.35. The Bertz CT molecular complexity index is 759. The predicted molar refractivity (Wildman–Crippen MR) is 110 cm³/mol. The van der Waals surface area contributed by atoms with Gasteiger partial charge in [0, 0.05) is 6.42 Å². The molecule has 1 atom stereocenters. The number of nitrogens with one attached hydrogen (secondary N) is 1. The highest BCUT2D eigenvalue weighted by molar-refractivity contribution is 5.76. The predicted octanol–water partition coefficient (Wildman–Crippen LogP) is 5.34. The van der Waals surface area contributed by atoms with Gasteiger partial charge in [0.25, 0.3) is 0 Å². The molecule has 0 heterocycles. The third-order valence-corrected chi connectivity index (χ3v) is 5.24. The van der Waals surface area contributed by atoms with Crippen molar-refractivity contribution in [2.45, 2.75) is 64.3 Å². The molecule has 0 saturated carbocycles. The third-order valence-electron chi connectivity index (χ3n) is 5.24. The molecule has 1 amide bonds. The zero-order chi connectivity index (χ0) is 19.3. The van der Waals surface area contributed by atoms with Crippen LogP contribution in [0.3, 0.4) is 0 Å². The average Bonchev–Trinajstić information content (AvgIpc) is 2.65. The summed E-state index contributed by atoms with van der Waals surface area (Å²) in [6, 6.07) is 16.9. The molecule has 0 bridgehead atoms. The molecule has 0 saturated heterocycles. The summed E-state index contributed by atoms with van der Waals surface area (Å²) in [5.74, 6) is 0.980. The minimum Gasteiger partial charge on any atom is -0.494 e. The number of fused-ring (bicyclic) bond motifs is 1. The van der Waals surface area contributed by atoms with Crippen molar-refractivity contribution < 1.29 is 9.53 Å². The van der Waals surface area contributed by atoms with Crippen LogP contribution >= 0.6 is 0 Å². The van der Waals surface area contributed by atoms with Crippen molar-refractivity contribution in [2.24, 2.45) is 0 Å². The Kier molecular flexibility index (Phi) is 6.20. The molecule has 2 aromatic rings. The van der Waals surface area contributed by atoms with Crippen LogP contribution in [0.2, 0.25) is 0 Å². The highest BCUT2D eigenvalue weighted by atomic mass is 16.5. The van der Waals surface area contributed by atoms with Crippen molar-refractivity contribution in [3.05, 3.63) is 65.2 Å². The van der Waals surface area contributed by atoms with Crippen LogP contribution in [0, 0.1) is 0 Å². The number of amides is 1. The van der Waals surface area contributed by atoms with Gasteiger partial charge in [0.2, 0.25) is 5.91 Å². The van der Waals surface area contributed by atoms with Crippen LogP contribution < -0.4 is 10.1 Å². The lowest BCUT2D eigenvalue weighted by atomic mass is 9.87. The fraction of sp³-hybridized carbons (Fsp3) is 0.458. The Hall–Kier alpha value is -2.29. The van der Waals surface area contributed by atoms with Crippen molar-refractivity contribution in [1.82, 2.24) is 5.32 Å². The number of carbonyl (C=O) groups excluding carboxylic acids is 1. The molecule has 27 heavy (non-hydrogen) atoms. The number of ether oxygens (including phenoxy) is 1. The molecule has 3 heteroatoms. The summed E-state index contributed by atoms with van der Waals surface area (Å²) >= 11 is 0. The quantitative estimate of drug-likeness (QED) is 0.702. The molecule has 2 aromatic carbocycles. The lowest BCUT2D eigenvalue weighted by molar-refractivity contribution is -0.122. The maximum atomic E-state index is 12.3. The van der Waals surface area contributed by atoms with Gasteiger partial charge in [-0.15, -0.1) is 0 Å². The van der Waals surface area contributed by atoms with Gasteiger partial charge in [-0.2, -0.15) is 0 Å². The minimum atomic E-state index is 0.114. The molecule has 3 rings (SSSR count). The van der Waals surface area contributed by atoms with E-state index in [-0.39, 0.29) is 17.4 Å². The van der Waals surface area contributed by atoms with Crippen LogP contribution in [0.5, 0.6) is 5.75 Å². The van der Waals surface area contributed by atoms with Crippen molar-refractivity contribution in [2.75, 3.05) is 6.61 Å². The Morgan fingerprint density at radius 3 is 2.59 bits per heavy atom. The molecule has 3 nitrogen and oxygen atoms in total. The van der Waals surface area contributed by atoms with Gasteiger partial charge in [-0.1, -0.05) is 57.2 Å². The van der Waals surface area contributed by atoms with Gasteiger partial charge in [-0.05, 0) is 59.9 Å². The van der Waals surface area contributed by atoms with Gasteiger partial charge in [-0.25, -0.2) is 0 Å². The van der Waals surface area contributed by atoms with Crippen molar-refractivity contribution in [1.29, 1.82) is 0 Å². The Morgan fingerprint density at radius 2 is 1.85 bits per heavy atom. The van der Waals surface area contributed by atoms with Gasteiger partial charge in [0.1, 0.15) is 5.75 Å². The lowest BCUT2D eigenvalue weighted by Gasteiger charge is -2.26. The standard InChI is InChI=1S/C24H31NO2/c1-24(2,3)19-13-15-20(16-14-19)27-17-7-12-23(26)25-22-11-6-9-18-8-4-5-10-21(18)22/h4-5,8,10,13-16,22H,6-7,9,11-12,17H2,1-3H3,(H,25,26)/t22-/m0/s1. The minimum absolute atomic E-state index is 0.114. The molecule has 0 spiro atoms. The molecule has 0 aliphatic heterocycles. The van der Waals surface area contributed by atoms with E-state index in [1.54, 1.807) is 0 Å². The molecular weight excluding hydrogens is 334 g/mol. The molecule has 1 aliphatic rings. The van der Waals surface area contributed by atoms with Crippen LogP contribution in [-0.4, -0.2) is 12.5 Å². The van der Waals surface area contributed by atoms with E-state index in [1.165, 1.54) is 16.7 Å². The summed E-state index contributed by atoms with van der Waals surface area (Å²) in [5, 5.41) is 3.20. The van der Waals surface area contributed by atoms with Crippen LogP contribution in [0.25, 0.3) is 0 Å². The second-order valence-electron chi connectivity index (χ2n) is 8.44. The largest absolute Gasteiger partial charge is 0.494 e. The van der Waals surface area contributed by atoms with E-state index >= 15 is 0 Å². The first-order valence-corrected chi connectivity index (χ1v) is 10.0. The van der Waals surface area contributed by atoms with E-state index in [9.17, 15) is 4.79 Å². The van der Waals surface area contributed by atoms with Crippen LogP contribution in [0.15, 0.2) is 48.5 Å². The highest BCUT2D eigenvalue weighted by Gasteiger charge is 2.21. The van der Waals surface area contributed by atoms with E-state index < -0.39 is 0 Å². The first kappa shape index (κ1) is 19.5. The summed E-state index contributed by atoms with van der Waals surface area (Å²) in [5.41, 5.74) is 4.10. The fourth-order valence-corrected chi connectivity index (χ4v) is 3.64. The normalized spacial score (nSPS) is 16.5. The number of benzene rings is 2. The SMILES string of the molecule is CC(C)(C)c1ccc(OCCCC(=O)N[C@H]2CCCc3ccccc32)cc1. The van der Waals surface area contributed by atoms with Gasteiger partial charge in [-0.3, -0.25) is 4.79 Å². The van der Waals surface area contributed by atoms with E-state index in [1.807, 2.05) is 12.1 Å². The molecule has 1 aliphatic carbocycles. The topological polar surface area (TPSA) is 38.3 Å². The first-order valence-electron chi connectivity index (χ1n) is 10.0. The van der Waals surface area contributed by atoms with E-state index in [0.29, 0.717) is 13.0 Å². The number of hydrogen-bond acceptors (Lipinski definition) is 2. The Labute approximate surface area is 163 Å². The zero-order valence-corrected chi connectivity index (χ0v) is 16.8. The van der Waals surface area contributed by atoms with E-state index in [4.69, 9.17) is 4.74 Å². The molecule has 0 aromatic heterocycles. The molecular formula is C24H31NO2. The molecule has 0 fully saturated rings. The van der Waals surface area contributed by atoms with Gasteiger partial charge >= 0.3 is 0 Å². The summed E-state index contributed by atoms with van der Waals surface area (Å²) in [6.45, 7) is 7.16.